The molecule has 172 valence electrons. The first-order valence-corrected chi connectivity index (χ1v) is 13.1. The highest BCUT2D eigenvalue weighted by atomic mass is 79.9. The lowest BCUT2D eigenvalue weighted by Crippen LogP contribution is -2.34. The molecule has 2 aromatic rings. The van der Waals surface area contributed by atoms with E-state index in [4.69, 9.17) is 17.0 Å². The van der Waals surface area contributed by atoms with Crippen LogP contribution < -0.4 is 15.4 Å². The maximum atomic E-state index is 12.9. The van der Waals surface area contributed by atoms with Gasteiger partial charge in [0.2, 0.25) is 10.0 Å². The molecule has 1 fully saturated rings. The predicted octanol–water partition coefficient (Wildman–Crippen LogP) is 4.54. The van der Waals surface area contributed by atoms with E-state index in [2.05, 4.69) is 26.6 Å². The van der Waals surface area contributed by atoms with Crippen molar-refractivity contribution in [1.82, 2.24) is 9.62 Å². The summed E-state index contributed by atoms with van der Waals surface area (Å²) in [5, 5.41) is 5.64. The van der Waals surface area contributed by atoms with Crippen molar-refractivity contribution >= 4 is 54.9 Å². The van der Waals surface area contributed by atoms with Gasteiger partial charge in [0.25, 0.3) is 5.91 Å². The second-order valence-corrected chi connectivity index (χ2v) is 10.6. The normalized spacial score (nSPS) is 14.9. The molecule has 0 spiro atoms. The van der Waals surface area contributed by atoms with Gasteiger partial charge in [0.05, 0.1) is 17.1 Å². The lowest BCUT2D eigenvalue weighted by molar-refractivity contribution is 0.0974. The SMILES string of the molecule is CCOc1ccc(Br)cc1C(=O)NC(=S)Nc1ccc(S(=O)(=O)N2CCCCCC2)cc1. The summed E-state index contributed by atoms with van der Waals surface area (Å²) in [4.78, 5) is 12.9. The molecule has 10 heteroatoms. The highest BCUT2D eigenvalue weighted by molar-refractivity contribution is 9.10. The molecule has 1 aliphatic rings. The monoisotopic (exact) mass is 539 g/mol. The fraction of sp³-hybridized carbons (Fsp3) is 0.364. The number of nitrogens with zero attached hydrogens (tertiary/aromatic N) is 1. The molecule has 32 heavy (non-hydrogen) atoms. The lowest BCUT2D eigenvalue weighted by Gasteiger charge is -2.20. The van der Waals surface area contributed by atoms with Crippen LogP contribution in [-0.4, -0.2) is 43.4 Å². The number of ether oxygens (including phenoxy) is 1. The number of carbonyl (C=O) groups excluding carboxylic acids is 1. The molecule has 0 bridgehead atoms. The van der Waals surface area contributed by atoms with Gasteiger partial charge >= 0.3 is 0 Å². The van der Waals surface area contributed by atoms with Crippen molar-refractivity contribution in [3.8, 4) is 5.75 Å². The van der Waals surface area contributed by atoms with Crippen molar-refractivity contribution in [3.05, 3.63) is 52.5 Å². The van der Waals surface area contributed by atoms with E-state index in [1.165, 1.54) is 0 Å². The highest BCUT2D eigenvalue weighted by Crippen LogP contribution is 2.24. The van der Waals surface area contributed by atoms with E-state index >= 15 is 0 Å². The average molecular weight is 541 g/mol. The van der Waals surface area contributed by atoms with Crippen molar-refractivity contribution in [3.63, 3.8) is 0 Å². The van der Waals surface area contributed by atoms with Gasteiger partial charge < -0.3 is 10.1 Å². The molecule has 0 radical (unpaired) electrons. The Labute approximate surface area is 202 Å². The molecule has 1 saturated heterocycles. The number of rotatable bonds is 6. The Hall–Kier alpha value is -2.01. The molecule has 0 atom stereocenters. The molecule has 2 aromatic carbocycles. The molecular weight excluding hydrogens is 514 g/mol. The zero-order valence-corrected chi connectivity index (χ0v) is 21.0. The Kier molecular flexibility index (Phi) is 8.64. The van der Waals surface area contributed by atoms with Gasteiger partial charge in [-0.3, -0.25) is 10.1 Å². The number of anilines is 1. The fourth-order valence-corrected chi connectivity index (χ4v) is 5.52. The van der Waals surface area contributed by atoms with Gasteiger partial charge in [-0.2, -0.15) is 4.31 Å². The van der Waals surface area contributed by atoms with E-state index < -0.39 is 15.9 Å². The molecule has 0 saturated carbocycles. The summed E-state index contributed by atoms with van der Waals surface area (Å²) >= 11 is 8.61. The van der Waals surface area contributed by atoms with Gasteiger partial charge in [-0.1, -0.05) is 28.8 Å². The smallest absolute Gasteiger partial charge is 0.261 e. The van der Waals surface area contributed by atoms with Crippen LogP contribution in [-0.2, 0) is 10.0 Å². The number of carbonyl (C=O) groups is 1. The number of benzene rings is 2. The Morgan fingerprint density at radius 2 is 1.75 bits per heavy atom. The van der Waals surface area contributed by atoms with Crippen LogP contribution in [0, 0.1) is 0 Å². The molecule has 2 N–H and O–H groups in total. The third-order valence-corrected chi connectivity index (χ3v) is 7.64. The van der Waals surface area contributed by atoms with Gasteiger partial charge in [-0.15, -0.1) is 0 Å². The van der Waals surface area contributed by atoms with Crippen LogP contribution in [0.25, 0.3) is 0 Å². The van der Waals surface area contributed by atoms with Crippen LogP contribution >= 0.6 is 28.1 Å². The zero-order valence-electron chi connectivity index (χ0n) is 17.8. The summed E-state index contributed by atoms with van der Waals surface area (Å²) in [6.45, 7) is 3.37. The molecule has 1 amide bonds. The average Bonchev–Trinajstić information content (AvgIpc) is 3.05. The summed E-state index contributed by atoms with van der Waals surface area (Å²) in [7, 11) is -3.52. The maximum Gasteiger partial charge on any atom is 0.261 e. The van der Waals surface area contributed by atoms with Crippen molar-refractivity contribution < 1.29 is 17.9 Å². The summed E-state index contributed by atoms with van der Waals surface area (Å²) < 4.78 is 33.6. The number of thiocarbonyl (C=S) groups is 1. The van der Waals surface area contributed by atoms with E-state index in [1.54, 1.807) is 46.8 Å². The Bertz CT molecular complexity index is 1070. The minimum Gasteiger partial charge on any atom is -0.493 e. The number of hydrogen-bond acceptors (Lipinski definition) is 5. The van der Waals surface area contributed by atoms with Crippen molar-refractivity contribution in [2.75, 3.05) is 25.0 Å². The Morgan fingerprint density at radius 3 is 2.38 bits per heavy atom. The third-order valence-electron chi connectivity index (χ3n) is 5.03. The van der Waals surface area contributed by atoms with Gasteiger partial charge in [0.15, 0.2) is 5.11 Å². The topological polar surface area (TPSA) is 87.7 Å². The van der Waals surface area contributed by atoms with Crippen LogP contribution in [0.2, 0.25) is 0 Å². The minimum atomic E-state index is -3.52. The number of nitrogens with one attached hydrogen (secondary N) is 2. The second kappa shape index (κ2) is 11.2. The summed E-state index contributed by atoms with van der Waals surface area (Å²) in [6, 6.07) is 11.5. The molecule has 3 rings (SSSR count). The highest BCUT2D eigenvalue weighted by Gasteiger charge is 2.25. The first kappa shape index (κ1) is 24.6. The van der Waals surface area contributed by atoms with Crippen molar-refractivity contribution in [1.29, 1.82) is 0 Å². The summed E-state index contributed by atoms with van der Waals surface area (Å²) in [6.07, 6.45) is 3.89. The van der Waals surface area contributed by atoms with Gasteiger partial charge in [0.1, 0.15) is 5.75 Å². The van der Waals surface area contributed by atoms with E-state index in [0.717, 1.165) is 30.2 Å². The van der Waals surface area contributed by atoms with Crippen LogP contribution in [0.5, 0.6) is 5.75 Å². The quantitative estimate of drug-likeness (QED) is 0.524. The van der Waals surface area contributed by atoms with Crippen molar-refractivity contribution in [2.45, 2.75) is 37.5 Å². The molecular formula is C22H26BrN3O4S2. The molecule has 0 unspecified atom stereocenters. The minimum absolute atomic E-state index is 0.0977. The number of amides is 1. The molecule has 0 aliphatic carbocycles. The van der Waals surface area contributed by atoms with Gasteiger partial charge in [-0.25, -0.2) is 8.42 Å². The number of hydrogen-bond donors (Lipinski definition) is 2. The van der Waals surface area contributed by atoms with E-state index in [9.17, 15) is 13.2 Å². The fourth-order valence-electron chi connectivity index (χ4n) is 3.44. The largest absolute Gasteiger partial charge is 0.493 e. The Morgan fingerprint density at radius 1 is 1.09 bits per heavy atom. The van der Waals surface area contributed by atoms with Crippen LogP contribution in [0.1, 0.15) is 43.0 Å². The van der Waals surface area contributed by atoms with E-state index in [0.29, 0.717) is 36.7 Å². The lowest BCUT2D eigenvalue weighted by atomic mass is 10.2. The second-order valence-electron chi connectivity index (χ2n) is 7.32. The Balaban J connectivity index is 1.65. The van der Waals surface area contributed by atoms with Crippen molar-refractivity contribution in [2.24, 2.45) is 0 Å². The molecule has 1 heterocycles. The maximum absolute atomic E-state index is 12.9. The van der Waals surface area contributed by atoms with Gasteiger partial charge in [-0.05, 0) is 74.4 Å². The zero-order chi connectivity index (χ0) is 23.1. The first-order valence-electron chi connectivity index (χ1n) is 10.5. The van der Waals surface area contributed by atoms with Gasteiger partial charge in [0, 0.05) is 23.2 Å². The molecule has 0 aromatic heterocycles. The van der Waals surface area contributed by atoms with Crippen LogP contribution in [0.4, 0.5) is 5.69 Å². The number of sulfonamides is 1. The summed E-state index contributed by atoms with van der Waals surface area (Å²) in [5.41, 5.74) is 0.925. The number of halogens is 1. The van der Waals surface area contributed by atoms with Crippen LogP contribution in [0.3, 0.4) is 0 Å². The van der Waals surface area contributed by atoms with Crippen LogP contribution in [0.15, 0.2) is 51.8 Å². The first-order chi connectivity index (χ1) is 15.3. The third kappa shape index (κ3) is 6.28. The summed E-state index contributed by atoms with van der Waals surface area (Å²) in [5.74, 6) is 0.0479. The molecule has 1 aliphatic heterocycles. The van der Waals surface area contributed by atoms with E-state index in [-0.39, 0.29) is 10.0 Å². The predicted molar refractivity (Wildman–Crippen MR) is 133 cm³/mol. The van der Waals surface area contributed by atoms with E-state index in [1.807, 2.05) is 6.92 Å². The molecule has 7 nitrogen and oxygen atoms in total. The standard InChI is InChI=1S/C22H26BrN3O4S2/c1-2-30-20-12-7-16(23)15-19(20)21(27)25-22(31)24-17-8-10-18(11-9-17)32(28,29)26-13-5-3-4-6-14-26/h7-12,15H,2-6,13-14H2,1H3,(H2,24,25,27,31).